The normalized spacial score (nSPS) is 18.4. The van der Waals surface area contributed by atoms with Crippen LogP contribution in [0.25, 0.3) is 5.57 Å². The Morgan fingerprint density at radius 3 is 2.33 bits per heavy atom. The molecule has 2 heterocycles. The summed E-state index contributed by atoms with van der Waals surface area (Å²) in [7, 11) is 1.34. The van der Waals surface area contributed by atoms with E-state index in [1.165, 1.54) is 31.4 Å². The zero-order valence-electron chi connectivity index (χ0n) is 28.8. The molecule has 270 valence electrons. The lowest BCUT2D eigenvalue weighted by Gasteiger charge is -2.45. The van der Waals surface area contributed by atoms with E-state index in [2.05, 4.69) is 45.5 Å². The summed E-state index contributed by atoms with van der Waals surface area (Å²) in [6.45, 7) is 1.85. The molecule has 3 aromatic rings. The smallest absolute Gasteiger partial charge is 0.305 e. The van der Waals surface area contributed by atoms with Gasteiger partial charge in [0.1, 0.15) is 17.4 Å². The standard InChI is InChI=1S/C40H44BrF2N3O5/c1-50-38(48)6-2-5-37(47)45-24-31-23-33(28-11-7-26(8-12-28)4-3-21-51-36-22-30(43)15-18-34(36)41)39(35(25-45)44-31)40(49)46(32-16-17-32)20-19-27-9-13-29(42)14-10-27/h7-15,18,22,31-32,35,44H,2-6,16-17,19-21,23-25H2,1H3/t31-,35-/m1/s1. The minimum Gasteiger partial charge on any atom is -0.492 e. The minimum absolute atomic E-state index is 0.0183. The van der Waals surface area contributed by atoms with Gasteiger partial charge in [-0.1, -0.05) is 36.4 Å². The highest BCUT2D eigenvalue weighted by Crippen LogP contribution is 2.37. The zero-order chi connectivity index (χ0) is 35.9. The number of methoxy groups -OCH3 is 1. The van der Waals surface area contributed by atoms with E-state index >= 15 is 0 Å². The fourth-order valence-corrected chi connectivity index (χ4v) is 7.39. The molecule has 6 rings (SSSR count). The number of carbonyl (C=O) groups is 3. The molecule has 0 radical (unpaired) electrons. The second-order valence-corrected chi connectivity index (χ2v) is 14.4. The van der Waals surface area contributed by atoms with Gasteiger partial charge in [-0.05, 0) is 107 Å². The molecule has 2 amide bonds. The van der Waals surface area contributed by atoms with Crippen molar-refractivity contribution in [1.29, 1.82) is 0 Å². The predicted molar refractivity (Wildman–Crippen MR) is 194 cm³/mol. The molecule has 2 bridgehead atoms. The third-order valence-electron chi connectivity index (χ3n) is 9.85. The van der Waals surface area contributed by atoms with Gasteiger partial charge >= 0.3 is 5.97 Å². The summed E-state index contributed by atoms with van der Waals surface area (Å²) in [6.07, 6.45) is 5.46. The van der Waals surface area contributed by atoms with Crippen LogP contribution in [0.5, 0.6) is 5.75 Å². The molecule has 0 unspecified atom stereocenters. The van der Waals surface area contributed by atoms with Crippen LogP contribution >= 0.6 is 15.9 Å². The number of ether oxygens (including phenoxy) is 2. The number of fused-ring (bicyclic) bond motifs is 2. The number of piperazine rings is 1. The minimum atomic E-state index is -0.346. The lowest BCUT2D eigenvalue weighted by Crippen LogP contribution is -2.62. The summed E-state index contributed by atoms with van der Waals surface area (Å²) in [6, 6.07) is 18.9. The first-order valence-corrected chi connectivity index (χ1v) is 18.5. The van der Waals surface area contributed by atoms with E-state index in [4.69, 9.17) is 9.47 Å². The third kappa shape index (κ3) is 9.62. The number of esters is 1. The van der Waals surface area contributed by atoms with Crippen LogP contribution in [0.4, 0.5) is 8.78 Å². The van der Waals surface area contributed by atoms with Crippen molar-refractivity contribution in [3.8, 4) is 5.75 Å². The zero-order valence-corrected chi connectivity index (χ0v) is 30.4. The number of benzene rings is 3. The first-order chi connectivity index (χ1) is 24.7. The highest BCUT2D eigenvalue weighted by molar-refractivity contribution is 9.10. The van der Waals surface area contributed by atoms with Crippen molar-refractivity contribution in [2.75, 3.05) is 33.4 Å². The maximum Gasteiger partial charge on any atom is 0.305 e. The SMILES string of the molecule is COC(=O)CCCC(=O)N1C[C@H]2CC(c3ccc(CCCOc4cc(F)ccc4Br)cc3)=C(C(=O)N(CCc3ccc(F)cc3)C3CC3)[C@@H](C1)N2. The Morgan fingerprint density at radius 2 is 1.61 bits per heavy atom. The second-order valence-electron chi connectivity index (χ2n) is 13.6. The molecule has 51 heavy (non-hydrogen) atoms. The van der Waals surface area contributed by atoms with Crippen LogP contribution in [0.15, 0.2) is 76.8 Å². The summed E-state index contributed by atoms with van der Waals surface area (Å²) in [4.78, 5) is 43.4. The molecule has 0 aromatic heterocycles. The van der Waals surface area contributed by atoms with Gasteiger partial charge < -0.3 is 24.6 Å². The van der Waals surface area contributed by atoms with E-state index in [0.29, 0.717) is 61.3 Å². The van der Waals surface area contributed by atoms with Crippen molar-refractivity contribution in [3.05, 3.63) is 105 Å². The third-order valence-corrected chi connectivity index (χ3v) is 10.5. The quantitative estimate of drug-likeness (QED) is 0.138. The molecule has 2 atom stereocenters. The summed E-state index contributed by atoms with van der Waals surface area (Å²) in [5.41, 5.74) is 4.80. The Balaban J connectivity index is 1.20. The Morgan fingerprint density at radius 1 is 0.902 bits per heavy atom. The number of rotatable bonds is 15. The van der Waals surface area contributed by atoms with Crippen molar-refractivity contribution in [3.63, 3.8) is 0 Å². The average Bonchev–Trinajstić information content (AvgIpc) is 3.97. The number of nitrogens with one attached hydrogen (secondary N) is 1. The van der Waals surface area contributed by atoms with Gasteiger partial charge in [-0.3, -0.25) is 14.4 Å². The highest BCUT2D eigenvalue weighted by Gasteiger charge is 2.43. The van der Waals surface area contributed by atoms with Crippen LogP contribution in [-0.2, 0) is 32.0 Å². The van der Waals surface area contributed by atoms with Crippen LogP contribution in [0.3, 0.4) is 0 Å². The highest BCUT2D eigenvalue weighted by atomic mass is 79.9. The number of carbonyl (C=O) groups excluding carboxylic acids is 3. The van der Waals surface area contributed by atoms with Crippen LogP contribution in [0, 0.1) is 11.6 Å². The number of nitrogens with zero attached hydrogens (tertiary/aromatic N) is 2. The van der Waals surface area contributed by atoms with Gasteiger partial charge in [0.05, 0.1) is 24.2 Å². The van der Waals surface area contributed by atoms with E-state index < -0.39 is 0 Å². The van der Waals surface area contributed by atoms with Crippen LogP contribution in [-0.4, -0.2) is 79.1 Å². The van der Waals surface area contributed by atoms with E-state index in [1.807, 2.05) is 9.80 Å². The van der Waals surface area contributed by atoms with E-state index in [9.17, 15) is 23.2 Å². The number of aryl methyl sites for hydroxylation is 1. The van der Waals surface area contributed by atoms with Crippen LogP contribution < -0.4 is 10.1 Å². The molecule has 3 aliphatic rings. The lowest BCUT2D eigenvalue weighted by atomic mass is 9.82. The molecular weight excluding hydrogens is 720 g/mol. The van der Waals surface area contributed by atoms with Crippen molar-refractivity contribution >= 4 is 39.3 Å². The van der Waals surface area contributed by atoms with E-state index in [-0.39, 0.29) is 60.4 Å². The molecule has 1 aliphatic carbocycles. The molecule has 2 fully saturated rings. The summed E-state index contributed by atoms with van der Waals surface area (Å²) in [5.74, 6) is -0.539. The Labute approximate surface area is 306 Å². The van der Waals surface area contributed by atoms with Crippen LogP contribution in [0.2, 0.25) is 0 Å². The second kappa shape index (κ2) is 17.0. The maximum atomic E-state index is 14.7. The Hall–Kier alpha value is -4.09. The molecular formula is C40H44BrF2N3O5. The molecule has 2 aliphatic heterocycles. The molecule has 1 saturated carbocycles. The average molecular weight is 765 g/mol. The van der Waals surface area contributed by atoms with Gasteiger partial charge in [0.25, 0.3) is 5.91 Å². The Kier molecular flexibility index (Phi) is 12.2. The molecule has 1 saturated heterocycles. The van der Waals surface area contributed by atoms with Crippen molar-refractivity contribution in [1.82, 2.24) is 15.1 Å². The number of amides is 2. The number of hydrogen-bond donors (Lipinski definition) is 1. The predicted octanol–water partition coefficient (Wildman–Crippen LogP) is 6.64. The maximum absolute atomic E-state index is 14.7. The first kappa shape index (κ1) is 36.7. The number of hydrogen-bond acceptors (Lipinski definition) is 6. The van der Waals surface area contributed by atoms with Gasteiger partial charge in [-0.25, -0.2) is 8.78 Å². The summed E-state index contributed by atoms with van der Waals surface area (Å²) < 4.78 is 38.4. The van der Waals surface area contributed by atoms with Gasteiger partial charge in [-0.2, -0.15) is 0 Å². The fourth-order valence-electron chi connectivity index (χ4n) is 7.03. The molecule has 3 aromatic carbocycles. The first-order valence-electron chi connectivity index (χ1n) is 17.7. The van der Waals surface area contributed by atoms with Crippen molar-refractivity contribution in [2.45, 2.75) is 75.9 Å². The molecule has 11 heteroatoms. The van der Waals surface area contributed by atoms with E-state index in [1.54, 1.807) is 18.2 Å². The monoisotopic (exact) mass is 763 g/mol. The molecule has 0 spiro atoms. The molecule has 8 nitrogen and oxygen atoms in total. The van der Waals surface area contributed by atoms with Crippen molar-refractivity contribution in [2.24, 2.45) is 0 Å². The molecule has 1 N–H and O–H groups in total. The van der Waals surface area contributed by atoms with E-state index in [0.717, 1.165) is 47.9 Å². The van der Waals surface area contributed by atoms with Gasteiger partial charge in [-0.15, -0.1) is 0 Å². The van der Waals surface area contributed by atoms with Crippen molar-refractivity contribution < 1.29 is 32.6 Å². The lowest BCUT2D eigenvalue weighted by molar-refractivity contribution is -0.141. The Bertz CT molecular complexity index is 1750. The topological polar surface area (TPSA) is 88.2 Å². The number of halogens is 3. The fraction of sp³-hybridized carbons (Fsp3) is 0.425. The van der Waals surface area contributed by atoms with Gasteiger partial charge in [0.2, 0.25) is 5.91 Å². The summed E-state index contributed by atoms with van der Waals surface area (Å²) >= 11 is 3.40. The van der Waals surface area contributed by atoms with Gasteiger partial charge in [0, 0.05) is 56.2 Å². The largest absolute Gasteiger partial charge is 0.492 e. The summed E-state index contributed by atoms with van der Waals surface area (Å²) in [5, 5.41) is 3.66. The van der Waals surface area contributed by atoms with Crippen LogP contribution in [0.1, 0.15) is 61.6 Å². The van der Waals surface area contributed by atoms with Gasteiger partial charge in [0.15, 0.2) is 0 Å².